The molecular formula is C17H25NO4. The third-order valence-corrected chi connectivity index (χ3v) is 4.11. The third kappa shape index (κ3) is 4.37. The van der Waals surface area contributed by atoms with Crippen molar-refractivity contribution in [2.75, 3.05) is 26.8 Å². The van der Waals surface area contributed by atoms with Gasteiger partial charge in [-0.05, 0) is 51.9 Å². The maximum Gasteiger partial charge on any atom is 0.344 e. The quantitative estimate of drug-likeness (QED) is 0.818. The number of hydrogen-bond acceptors (Lipinski definition) is 5. The number of carbonyl (C=O) groups excluding carboxylic acids is 1. The lowest BCUT2D eigenvalue weighted by atomic mass is 9.83. The van der Waals surface area contributed by atoms with Crippen LogP contribution in [0.15, 0.2) is 24.3 Å². The Morgan fingerprint density at radius 2 is 1.86 bits per heavy atom. The molecule has 0 spiro atoms. The number of nitrogens with one attached hydrogen (secondary N) is 1. The van der Waals surface area contributed by atoms with Crippen LogP contribution in [0.2, 0.25) is 0 Å². The molecule has 5 nitrogen and oxygen atoms in total. The fraction of sp³-hybridized carbons (Fsp3) is 0.588. The van der Waals surface area contributed by atoms with Crippen LogP contribution in [-0.2, 0) is 9.53 Å². The molecule has 0 aromatic heterocycles. The van der Waals surface area contributed by atoms with E-state index < -0.39 is 5.60 Å². The van der Waals surface area contributed by atoms with E-state index in [0.717, 1.165) is 25.9 Å². The minimum absolute atomic E-state index is 0.116. The molecule has 1 aromatic carbocycles. The van der Waals surface area contributed by atoms with Crippen molar-refractivity contribution in [3.8, 4) is 11.5 Å². The summed E-state index contributed by atoms with van der Waals surface area (Å²) in [4.78, 5) is 12.1. The van der Waals surface area contributed by atoms with Gasteiger partial charge in [0.2, 0.25) is 0 Å². The topological polar surface area (TPSA) is 56.8 Å². The molecule has 2 rings (SSSR count). The second-order valence-corrected chi connectivity index (χ2v) is 6.04. The number of para-hydroxylation sites is 2. The molecule has 0 bridgehead atoms. The highest BCUT2D eigenvalue weighted by Crippen LogP contribution is 2.29. The molecule has 5 heteroatoms. The van der Waals surface area contributed by atoms with Gasteiger partial charge in [0.15, 0.2) is 18.1 Å². The number of hydrogen-bond donors (Lipinski definition) is 1. The van der Waals surface area contributed by atoms with Crippen LogP contribution in [0, 0.1) is 5.92 Å². The summed E-state index contributed by atoms with van der Waals surface area (Å²) >= 11 is 0. The molecule has 0 saturated carbocycles. The number of benzene rings is 1. The zero-order valence-corrected chi connectivity index (χ0v) is 13.6. The summed E-state index contributed by atoms with van der Waals surface area (Å²) in [5.41, 5.74) is -0.469. The minimum Gasteiger partial charge on any atom is -0.493 e. The fourth-order valence-electron chi connectivity index (χ4n) is 2.80. The lowest BCUT2D eigenvalue weighted by Crippen LogP contribution is -2.43. The Balaban J connectivity index is 1.86. The van der Waals surface area contributed by atoms with Gasteiger partial charge in [-0.1, -0.05) is 12.1 Å². The average molecular weight is 307 g/mol. The van der Waals surface area contributed by atoms with E-state index in [1.54, 1.807) is 19.2 Å². The SMILES string of the molecule is COc1ccccc1OCC(=O)OC(C)(C)C1CCNCC1. The molecule has 1 N–H and O–H groups in total. The lowest BCUT2D eigenvalue weighted by Gasteiger charge is -2.36. The molecule has 0 radical (unpaired) electrons. The smallest absolute Gasteiger partial charge is 0.344 e. The number of methoxy groups -OCH3 is 1. The summed E-state index contributed by atoms with van der Waals surface area (Å²) in [6.07, 6.45) is 2.04. The standard InChI is InChI=1S/C17H25NO4/c1-17(2,13-8-10-18-11-9-13)22-16(19)12-21-15-7-5-4-6-14(15)20-3/h4-7,13,18H,8-12H2,1-3H3. The highest BCUT2D eigenvalue weighted by molar-refractivity contribution is 5.71. The van der Waals surface area contributed by atoms with E-state index in [4.69, 9.17) is 14.2 Å². The third-order valence-electron chi connectivity index (χ3n) is 4.11. The largest absolute Gasteiger partial charge is 0.493 e. The summed E-state index contributed by atoms with van der Waals surface area (Å²) in [6, 6.07) is 7.25. The van der Waals surface area contributed by atoms with Crippen molar-refractivity contribution in [1.82, 2.24) is 5.32 Å². The number of carbonyl (C=O) groups is 1. The number of ether oxygens (including phenoxy) is 3. The Hall–Kier alpha value is -1.75. The van der Waals surface area contributed by atoms with Crippen LogP contribution in [0.1, 0.15) is 26.7 Å². The van der Waals surface area contributed by atoms with Gasteiger partial charge in [-0.15, -0.1) is 0 Å². The number of rotatable bonds is 6. The summed E-state index contributed by atoms with van der Waals surface area (Å²) in [7, 11) is 1.57. The summed E-state index contributed by atoms with van der Waals surface area (Å²) in [6.45, 7) is 5.79. The molecule has 0 aliphatic carbocycles. The van der Waals surface area contributed by atoms with Crippen LogP contribution in [0.4, 0.5) is 0 Å². The predicted molar refractivity (Wildman–Crippen MR) is 84.3 cm³/mol. The molecule has 1 aliphatic heterocycles. The van der Waals surface area contributed by atoms with Crippen molar-refractivity contribution < 1.29 is 19.0 Å². The van der Waals surface area contributed by atoms with Crippen LogP contribution in [-0.4, -0.2) is 38.4 Å². The van der Waals surface area contributed by atoms with Crippen LogP contribution in [0.5, 0.6) is 11.5 Å². The Labute approximate surface area is 131 Å². The van der Waals surface area contributed by atoms with E-state index in [1.807, 2.05) is 26.0 Å². The summed E-state index contributed by atoms with van der Waals surface area (Å²) in [5, 5.41) is 3.32. The van der Waals surface area contributed by atoms with Crippen molar-refractivity contribution in [2.24, 2.45) is 5.92 Å². The molecule has 1 fully saturated rings. The molecule has 122 valence electrons. The monoisotopic (exact) mass is 307 g/mol. The molecule has 0 atom stereocenters. The Bertz CT molecular complexity index is 495. The van der Waals surface area contributed by atoms with Gasteiger partial charge < -0.3 is 19.5 Å². The van der Waals surface area contributed by atoms with Crippen LogP contribution in [0.3, 0.4) is 0 Å². The second kappa shape index (κ2) is 7.49. The van der Waals surface area contributed by atoms with Gasteiger partial charge in [-0.25, -0.2) is 4.79 Å². The molecule has 1 aromatic rings. The van der Waals surface area contributed by atoms with Crippen LogP contribution < -0.4 is 14.8 Å². The van der Waals surface area contributed by atoms with Gasteiger partial charge in [0.05, 0.1) is 7.11 Å². The van der Waals surface area contributed by atoms with Crippen molar-refractivity contribution in [3.63, 3.8) is 0 Å². The first-order chi connectivity index (χ1) is 10.5. The maximum absolute atomic E-state index is 12.1. The van der Waals surface area contributed by atoms with E-state index in [9.17, 15) is 4.79 Å². The van der Waals surface area contributed by atoms with Gasteiger partial charge >= 0.3 is 5.97 Å². The van der Waals surface area contributed by atoms with E-state index in [0.29, 0.717) is 17.4 Å². The minimum atomic E-state index is -0.469. The van der Waals surface area contributed by atoms with Crippen molar-refractivity contribution in [2.45, 2.75) is 32.3 Å². The molecule has 1 heterocycles. The summed E-state index contributed by atoms with van der Waals surface area (Å²) in [5.74, 6) is 1.17. The molecule has 1 saturated heterocycles. The van der Waals surface area contributed by atoms with E-state index in [1.165, 1.54) is 0 Å². The first kappa shape index (κ1) is 16.6. The highest BCUT2D eigenvalue weighted by Gasteiger charge is 2.34. The summed E-state index contributed by atoms with van der Waals surface area (Å²) < 4.78 is 16.3. The number of esters is 1. The number of piperidine rings is 1. The molecule has 1 aliphatic rings. The maximum atomic E-state index is 12.1. The van der Waals surface area contributed by atoms with Crippen LogP contribution in [0.25, 0.3) is 0 Å². The second-order valence-electron chi connectivity index (χ2n) is 6.04. The zero-order valence-electron chi connectivity index (χ0n) is 13.6. The van der Waals surface area contributed by atoms with Crippen LogP contribution >= 0.6 is 0 Å². The Kier molecular flexibility index (Phi) is 5.66. The van der Waals surface area contributed by atoms with Gasteiger partial charge in [0, 0.05) is 5.92 Å². The van der Waals surface area contributed by atoms with Crippen molar-refractivity contribution in [3.05, 3.63) is 24.3 Å². The Morgan fingerprint density at radius 3 is 2.50 bits per heavy atom. The molecular weight excluding hydrogens is 282 g/mol. The van der Waals surface area contributed by atoms with Gasteiger partial charge in [-0.2, -0.15) is 0 Å². The van der Waals surface area contributed by atoms with E-state index in [2.05, 4.69) is 5.32 Å². The zero-order chi connectivity index (χ0) is 16.0. The molecule has 0 amide bonds. The fourth-order valence-corrected chi connectivity index (χ4v) is 2.80. The van der Waals surface area contributed by atoms with Crippen molar-refractivity contribution >= 4 is 5.97 Å². The lowest BCUT2D eigenvalue weighted by molar-refractivity contribution is -0.165. The normalized spacial score (nSPS) is 16.1. The van der Waals surface area contributed by atoms with Gasteiger partial charge in [0.1, 0.15) is 5.60 Å². The highest BCUT2D eigenvalue weighted by atomic mass is 16.6. The average Bonchev–Trinajstić information content (AvgIpc) is 2.53. The predicted octanol–water partition coefficient (Wildman–Crippen LogP) is 2.40. The molecule has 0 unspecified atom stereocenters. The van der Waals surface area contributed by atoms with E-state index >= 15 is 0 Å². The van der Waals surface area contributed by atoms with E-state index in [-0.39, 0.29) is 12.6 Å². The van der Waals surface area contributed by atoms with Gasteiger partial charge in [0.25, 0.3) is 0 Å². The van der Waals surface area contributed by atoms with Crippen molar-refractivity contribution in [1.29, 1.82) is 0 Å². The molecule has 22 heavy (non-hydrogen) atoms. The van der Waals surface area contributed by atoms with Gasteiger partial charge in [-0.3, -0.25) is 0 Å². The Morgan fingerprint density at radius 1 is 1.23 bits per heavy atom. The first-order valence-corrected chi connectivity index (χ1v) is 7.71. The first-order valence-electron chi connectivity index (χ1n) is 7.71.